The summed E-state index contributed by atoms with van der Waals surface area (Å²) in [6, 6.07) is 1.78. The van der Waals surface area contributed by atoms with Gasteiger partial charge in [0.2, 0.25) is 5.88 Å². The summed E-state index contributed by atoms with van der Waals surface area (Å²) in [7, 11) is -0.715. The molecule has 1 aromatic heterocycles. The molecule has 0 amide bonds. The molecule has 0 aromatic carbocycles. The second-order valence-electron chi connectivity index (χ2n) is 10.1. The van der Waals surface area contributed by atoms with Gasteiger partial charge in [-0.15, -0.1) is 0 Å². The van der Waals surface area contributed by atoms with Gasteiger partial charge in [0.15, 0.2) is 0 Å². The molecule has 0 bridgehead atoms. The van der Waals surface area contributed by atoms with Gasteiger partial charge in [0.25, 0.3) is 0 Å². The van der Waals surface area contributed by atoms with E-state index in [0.29, 0.717) is 24.8 Å². The minimum atomic E-state index is -4.33. The van der Waals surface area contributed by atoms with Crippen molar-refractivity contribution in [1.29, 1.82) is 0 Å². The quantitative estimate of drug-likeness (QED) is 0.665. The lowest BCUT2D eigenvalue weighted by Crippen LogP contribution is -2.49. The number of halogens is 3. The van der Waals surface area contributed by atoms with Crippen molar-refractivity contribution in [2.24, 2.45) is 0 Å². The van der Waals surface area contributed by atoms with Crippen molar-refractivity contribution in [2.45, 2.75) is 96.7 Å². The fraction of sp³-hybridized carbons (Fsp3) is 0.762. The molecule has 9 heteroatoms. The summed E-state index contributed by atoms with van der Waals surface area (Å²) in [5.74, 6) is 0.500. The van der Waals surface area contributed by atoms with Crippen LogP contribution < -0.4 is 15.1 Å². The molecular formula is C21H32BF3N2O3. The van der Waals surface area contributed by atoms with E-state index in [0.717, 1.165) is 0 Å². The smallest absolute Gasteiger partial charge is 0.472 e. The van der Waals surface area contributed by atoms with Crippen LogP contribution in [-0.4, -0.2) is 47.7 Å². The highest BCUT2D eigenvalue weighted by Gasteiger charge is 2.52. The third kappa shape index (κ3) is 4.88. The highest BCUT2D eigenvalue weighted by molar-refractivity contribution is 6.62. The van der Waals surface area contributed by atoms with Gasteiger partial charge in [-0.3, -0.25) is 0 Å². The lowest BCUT2D eigenvalue weighted by molar-refractivity contribution is -0.152. The highest BCUT2D eigenvalue weighted by Crippen LogP contribution is 2.38. The van der Waals surface area contributed by atoms with Crippen LogP contribution in [0.25, 0.3) is 0 Å². The Bertz CT molecular complexity index is 762. The Kier molecular flexibility index (Phi) is 5.87. The summed E-state index contributed by atoms with van der Waals surface area (Å²) < 4.78 is 59.3. The van der Waals surface area contributed by atoms with Crippen LogP contribution in [0.4, 0.5) is 19.0 Å². The van der Waals surface area contributed by atoms with Crippen molar-refractivity contribution < 1.29 is 27.2 Å². The van der Waals surface area contributed by atoms with Crippen molar-refractivity contribution in [3.63, 3.8) is 0 Å². The van der Waals surface area contributed by atoms with Gasteiger partial charge in [-0.2, -0.15) is 18.2 Å². The van der Waals surface area contributed by atoms with Crippen LogP contribution in [-0.2, 0) is 9.31 Å². The van der Waals surface area contributed by atoms with Gasteiger partial charge in [-0.25, -0.2) is 0 Å². The number of alkyl halides is 3. The van der Waals surface area contributed by atoms with Crippen LogP contribution in [0.15, 0.2) is 12.1 Å². The van der Waals surface area contributed by atoms with Crippen LogP contribution in [0.2, 0.25) is 0 Å². The van der Waals surface area contributed by atoms with Gasteiger partial charge >= 0.3 is 13.3 Å². The van der Waals surface area contributed by atoms with Crippen molar-refractivity contribution in [1.82, 2.24) is 4.98 Å². The van der Waals surface area contributed by atoms with Crippen molar-refractivity contribution in [3.05, 3.63) is 12.1 Å². The molecule has 3 rings (SSSR count). The summed E-state index contributed by atoms with van der Waals surface area (Å²) in [6.07, 6.45) is -3.04. The number of pyridine rings is 1. The summed E-state index contributed by atoms with van der Waals surface area (Å²) in [5, 5.41) is 0. The highest BCUT2D eigenvalue weighted by atomic mass is 19.4. The predicted octanol–water partition coefficient (Wildman–Crippen LogP) is 4.48. The summed E-state index contributed by atoms with van der Waals surface area (Å²) in [6.45, 7) is 13.6. The molecule has 2 aliphatic heterocycles. The van der Waals surface area contributed by atoms with Crippen LogP contribution in [0.1, 0.15) is 67.7 Å². The fourth-order valence-electron chi connectivity index (χ4n) is 3.69. The summed E-state index contributed by atoms with van der Waals surface area (Å²) >= 11 is 0. The van der Waals surface area contributed by atoms with Crippen LogP contribution in [0, 0.1) is 0 Å². The van der Waals surface area contributed by atoms with Crippen molar-refractivity contribution >= 4 is 18.4 Å². The summed E-state index contributed by atoms with van der Waals surface area (Å²) in [4.78, 5) is 5.78. The molecule has 2 aliphatic rings. The average molecular weight is 428 g/mol. The predicted molar refractivity (Wildman–Crippen MR) is 111 cm³/mol. The maximum Gasteiger partial charge on any atom is 0.495 e. The molecule has 2 fully saturated rings. The molecule has 1 atom stereocenters. The van der Waals surface area contributed by atoms with Gasteiger partial charge in [0, 0.05) is 12.6 Å². The van der Waals surface area contributed by atoms with E-state index in [4.69, 9.17) is 14.0 Å². The third-order valence-electron chi connectivity index (χ3n) is 5.92. The molecular weight excluding hydrogens is 396 g/mol. The number of aromatic nitrogens is 1. The first-order valence-electron chi connectivity index (χ1n) is 10.5. The zero-order valence-corrected chi connectivity index (χ0v) is 18.9. The zero-order valence-electron chi connectivity index (χ0n) is 18.9. The number of hydrogen-bond acceptors (Lipinski definition) is 5. The first-order chi connectivity index (χ1) is 13.6. The molecule has 0 N–H and O–H groups in total. The zero-order chi connectivity index (χ0) is 22.5. The molecule has 168 valence electrons. The first-order valence-corrected chi connectivity index (χ1v) is 10.5. The van der Waals surface area contributed by atoms with Gasteiger partial charge in [-0.1, -0.05) is 0 Å². The lowest BCUT2D eigenvalue weighted by atomic mass is 9.79. The van der Waals surface area contributed by atoms with Gasteiger partial charge in [0.05, 0.1) is 11.2 Å². The van der Waals surface area contributed by atoms with E-state index in [1.807, 2.05) is 48.5 Å². The Balaban J connectivity index is 2.03. The normalized spacial score (nSPS) is 24.3. The van der Waals surface area contributed by atoms with Crippen LogP contribution >= 0.6 is 0 Å². The Hall–Kier alpha value is -1.48. The molecule has 30 heavy (non-hydrogen) atoms. The Morgan fingerprint density at radius 3 is 2.20 bits per heavy atom. The number of hydrogen-bond donors (Lipinski definition) is 0. The first kappa shape index (κ1) is 23.2. The van der Waals surface area contributed by atoms with Crippen LogP contribution in [0.5, 0.6) is 5.88 Å². The minimum Gasteiger partial charge on any atom is -0.472 e. The van der Waals surface area contributed by atoms with E-state index in [9.17, 15) is 13.2 Å². The Labute approximate surface area is 177 Å². The Morgan fingerprint density at radius 2 is 1.67 bits per heavy atom. The van der Waals surface area contributed by atoms with Crippen molar-refractivity contribution in [3.8, 4) is 5.88 Å². The van der Waals surface area contributed by atoms with E-state index in [1.165, 1.54) is 4.90 Å². The topological polar surface area (TPSA) is 43.8 Å². The molecule has 3 heterocycles. The lowest BCUT2D eigenvalue weighted by Gasteiger charge is -2.38. The maximum absolute atomic E-state index is 13.7. The number of ether oxygens (including phenoxy) is 1. The largest absolute Gasteiger partial charge is 0.495 e. The second-order valence-corrected chi connectivity index (χ2v) is 10.1. The molecule has 0 spiro atoms. The number of anilines is 1. The molecule has 0 saturated carbocycles. The molecule has 1 aromatic rings. The molecule has 0 unspecified atom stereocenters. The van der Waals surface area contributed by atoms with E-state index >= 15 is 0 Å². The third-order valence-corrected chi connectivity index (χ3v) is 5.92. The van der Waals surface area contributed by atoms with E-state index in [-0.39, 0.29) is 18.1 Å². The monoisotopic (exact) mass is 428 g/mol. The molecule has 2 saturated heterocycles. The van der Waals surface area contributed by atoms with Crippen molar-refractivity contribution in [2.75, 3.05) is 11.4 Å². The van der Waals surface area contributed by atoms with Gasteiger partial charge in [-0.05, 0) is 79.3 Å². The van der Waals surface area contributed by atoms with Gasteiger partial charge < -0.3 is 18.9 Å². The number of nitrogens with zero attached hydrogens (tertiary/aromatic N) is 2. The summed E-state index contributed by atoms with van der Waals surface area (Å²) in [5.41, 5.74) is -1.08. The Morgan fingerprint density at radius 1 is 1.07 bits per heavy atom. The van der Waals surface area contributed by atoms with Gasteiger partial charge in [0.1, 0.15) is 17.5 Å². The molecule has 0 aliphatic carbocycles. The average Bonchev–Trinajstić information content (AvgIpc) is 2.80. The SMILES string of the molecule is CC(C)(C)Oc1cc(B2OC(C)(C)C(C)(C)O2)cc(N2CCCC[C@H]2C(F)(F)F)n1. The van der Waals surface area contributed by atoms with E-state index in [1.54, 1.807) is 12.1 Å². The number of rotatable bonds is 3. The number of piperidine rings is 1. The van der Waals surface area contributed by atoms with E-state index in [2.05, 4.69) is 4.98 Å². The standard InChI is InChI=1S/C21H32BF3N2O3/c1-18(2,3)28-17-13-14(22-29-19(4,5)20(6,7)30-22)12-16(26-17)27-11-9-8-10-15(27)21(23,24)25/h12-13,15H,8-11H2,1-7H3/t15-/m0/s1. The second kappa shape index (κ2) is 7.59. The minimum absolute atomic E-state index is 0.0569. The fourth-order valence-corrected chi connectivity index (χ4v) is 3.69. The maximum atomic E-state index is 13.7. The van der Waals surface area contributed by atoms with E-state index < -0.39 is 36.1 Å². The molecule has 5 nitrogen and oxygen atoms in total. The molecule has 0 radical (unpaired) electrons. The van der Waals surface area contributed by atoms with Crippen LogP contribution in [0.3, 0.4) is 0 Å².